The lowest BCUT2D eigenvalue weighted by Gasteiger charge is -2.14. The zero-order valence-corrected chi connectivity index (χ0v) is 16.8. The highest BCUT2D eigenvalue weighted by Gasteiger charge is 2.06. The zero-order valence-electron chi connectivity index (χ0n) is 16.0. The standard InChI is InChI=1S/C24H26N2S/c1-4-7-24(27-3)23-13-11-19(17-26-23)14-18(2)25-16-20-10-12-21-8-5-6-9-22(21)15-20/h4-13,15,17-18,25H,1,14,16H2,2-3H3/b24-7-. The van der Waals surface area contributed by atoms with E-state index in [0.29, 0.717) is 6.04 Å². The largest absolute Gasteiger partial charge is 0.310 e. The number of thioether (sulfide) groups is 1. The van der Waals surface area contributed by atoms with Gasteiger partial charge in [-0.05, 0) is 59.7 Å². The summed E-state index contributed by atoms with van der Waals surface area (Å²) in [6.07, 6.45) is 8.81. The number of hydrogen-bond acceptors (Lipinski definition) is 3. The maximum Gasteiger partial charge on any atom is 0.0765 e. The van der Waals surface area contributed by atoms with Gasteiger partial charge in [-0.1, -0.05) is 55.1 Å². The van der Waals surface area contributed by atoms with Crippen molar-refractivity contribution in [3.05, 3.63) is 96.3 Å². The SMILES string of the molecule is C=C/C=C(\SC)c1ccc(CC(C)NCc2ccc3ccccc3c2)cn1. The van der Waals surface area contributed by atoms with Crippen LogP contribution in [-0.4, -0.2) is 17.3 Å². The van der Waals surface area contributed by atoms with E-state index in [9.17, 15) is 0 Å². The van der Waals surface area contributed by atoms with E-state index in [-0.39, 0.29) is 0 Å². The molecule has 138 valence electrons. The Balaban J connectivity index is 1.57. The first-order chi connectivity index (χ1) is 13.2. The summed E-state index contributed by atoms with van der Waals surface area (Å²) in [5.74, 6) is 0. The van der Waals surface area contributed by atoms with Gasteiger partial charge in [-0.15, -0.1) is 11.8 Å². The van der Waals surface area contributed by atoms with E-state index in [0.717, 1.165) is 23.6 Å². The fourth-order valence-corrected chi connectivity index (χ4v) is 3.68. The lowest BCUT2D eigenvalue weighted by Crippen LogP contribution is -2.27. The van der Waals surface area contributed by atoms with Crippen molar-refractivity contribution in [3.63, 3.8) is 0 Å². The second kappa shape index (κ2) is 9.54. The van der Waals surface area contributed by atoms with E-state index in [2.05, 4.69) is 84.7 Å². The van der Waals surface area contributed by atoms with Crippen molar-refractivity contribution < 1.29 is 0 Å². The lowest BCUT2D eigenvalue weighted by molar-refractivity contribution is 0.545. The van der Waals surface area contributed by atoms with Crippen LogP contribution in [0.5, 0.6) is 0 Å². The van der Waals surface area contributed by atoms with Crippen molar-refractivity contribution in [2.45, 2.75) is 25.9 Å². The second-order valence-electron chi connectivity index (χ2n) is 6.69. The molecule has 0 saturated heterocycles. The summed E-state index contributed by atoms with van der Waals surface area (Å²) in [5.41, 5.74) is 3.56. The Hall–Kier alpha value is -2.36. The Morgan fingerprint density at radius 2 is 1.89 bits per heavy atom. The van der Waals surface area contributed by atoms with E-state index in [1.807, 2.05) is 12.3 Å². The number of hydrogen-bond donors (Lipinski definition) is 1. The van der Waals surface area contributed by atoms with Gasteiger partial charge in [0.15, 0.2) is 0 Å². The lowest BCUT2D eigenvalue weighted by atomic mass is 10.1. The van der Waals surface area contributed by atoms with Crippen LogP contribution in [0.1, 0.15) is 23.7 Å². The highest BCUT2D eigenvalue weighted by Crippen LogP contribution is 2.23. The van der Waals surface area contributed by atoms with Crippen LogP contribution >= 0.6 is 11.8 Å². The van der Waals surface area contributed by atoms with Gasteiger partial charge in [0.25, 0.3) is 0 Å². The molecule has 1 N–H and O–H groups in total. The summed E-state index contributed by atoms with van der Waals surface area (Å²) in [6.45, 7) is 6.86. The maximum absolute atomic E-state index is 4.61. The van der Waals surface area contributed by atoms with E-state index in [1.165, 1.54) is 21.9 Å². The van der Waals surface area contributed by atoms with Crippen molar-refractivity contribution in [1.82, 2.24) is 10.3 Å². The minimum Gasteiger partial charge on any atom is -0.310 e. The second-order valence-corrected chi connectivity index (χ2v) is 7.54. The van der Waals surface area contributed by atoms with Crippen LogP contribution in [0.4, 0.5) is 0 Å². The van der Waals surface area contributed by atoms with E-state index in [1.54, 1.807) is 17.8 Å². The summed E-state index contributed by atoms with van der Waals surface area (Å²) in [5, 5.41) is 6.20. The third kappa shape index (κ3) is 5.31. The molecular formula is C24H26N2S. The third-order valence-corrected chi connectivity index (χ3v) is 5.36. The van der Waals surface area contributed by atoms with Gasteiger partial charge in [0, 0.05) is 23.7 Å². The Morgan fingerprint density at radius 1 is 1.11 bits per heavy atom. The molecule has 1 heterocycles. The number of aromatic nitrogens is 1. The molecule has 1 atom stereocenters. The quantitative estimate of drug-likeness (QED) is 0.501. The predicted molar refractivity (Wildman–Crippen MR) is 120 cm³/mol. The zero-order chi connectivity index (χ0) is 19.1. The van der Waals surface area contributed by atoms with Gasteiger partial charge in [-0.25, -0.2) is 0 Å². The molecule has 2 aromatic carbocycles. The highest BCUT2D eigenvalue weighted by molar-refractivity contribution is 8.07. The molecule has 0 radical (unpaired) electrons. The summed E-state index contributed by atoms with van der Waals surface area (Å²) >= 11 is 1.69. The molecule has 1 unspecified atom stereocenters. The molecule has 2 nitrogen and oxygen atoms in total. The molecule has 27 heavy (non-hydrogen) atoms. The van der Waals surface area contributed by atoms with Crippen molar-refractivity contribution in [2.24, 2.45) is 0 Å². The highest BCUT2D eigenvalue weighted by atomic mass is 32.2. The number of pyridine rings is 1. The van der Waals surface area contributed by atoms with Crippen LogP contribution in [0.3, 0.4) is 0 Å². The molecule has 0 spiro atoms. The molecular weight excluding hydrogens is 348 g/mol. The summed E-state index contributed by atoms with van der Waals surface area (Å²) in [4.78, 5) is 5.75. The molecule has 3 heteroatoms. The molecule has 0 amide bonds. The summed E-state index contributed by atoms with van der Waals surface area (Å²) < 4.78 is 0. The van der Waals surface area contributed by atoms with Crippen LogP contribution in [0.15, 0.2) is 79.5 Å². The van der Waals surface area contributed by atoms with Crippen LogP contribution < -0.4 is 5.32 Å². The van der Waals surface area contributed by atoms with E-state index < -0.39 is 0 Å². The fraction of sp³-hybridized carbons (Fsp3) is 0.208. The average Bonchev–Trinajstić information content (AvgIpc) is 2.71. The Kier molecular flexibility index (Phi) is 6.86. The predicted octanol–water partition coefficient (Wildman–Crippen LogP) is 5.85. The molecule has 0 saturated carbocycles. The molecule has 0 aliphatic rings. The molecule has 0 fully saturated rings. The topological polar surface area (TPSA) is 24.9 Å². The minimum atomic E-state index is 0.382. The molecule has 0 aliphatic heterocycles. The third-order valence-electron chi connectivity index (χ3n) is 4.58. The van der Waals surface area contributed by atoms with Crippen LogP contribution in [0.2, 0.25) is 0 Å². The fourth-order valence-electron chi connectivity index (χ4n) is 3.12. The normalized spacial score (nSPS) is 12.9. The first-order valence-electron chi connectivity index (χ1n) is 9.22. The van der Waals surface area contributed by atoms with Crippen molar-refractivity contribution >= 4 is 27.4 Å². The number of rotatable bonds is 8. The van der Waals surface area contributed by atoms with Gasteiger partial charge in [0.05, 0.1) is 5.69 Å². The van der Waals surface area contributed by atoms with E-state index >= 15 is 0 Å². The molecule has 3 rings (SSSR count). The van der Waals surface area contributed by atoms with Crippen molar-refractivity contribution in [3.8, 4) is 0 Å². The number of allylic oxidation sites excluding steroid dienone is 2. The van der Waals surface area contributed by atoms with Crippen molar-refractivity contribution in [1.29, 1.82) is 0 Å². The monoisotopic (exact) mass is 374 g/mol. The molecule has 1 aromatic heterocycles. The number of benzene rings is 2. The van der Waals surface area contributed by atoms with Crippen molar-refractivity contribution in [2.75, 3.05) is 6.26 Å². The van der Waals surface area contributed by atoms with Gasteiger partial charge >= 0.3 is 0 Å². The maximum atomic E-state index is 4.61. The Bertz CT molecular complexity index is 929. The average molecular weight is 375 g/mol. The van der Waals surface area contributed by atoms with Gasteiger partial charge in [-0.3, -0.25) is 4.98 Å². The number of nitrogens with zero attached hydrogens (tertiary/aromatic N) is 1. The summed E-state index contributed by atoms with van der Waals surface area (Å²) in [7, 11) is 0. The van der Waals surface area contributed by atoms with Gasteiger partial charge in [0.1, 0.15) is 0 Å². The van der Waals surface area contributed by atoms with Crippen LogP contribution in [0.25, 0.3) is 15.7 Å². The number of fused-ring (bicyclic) bond motifs is 1. The van der Waals surface area contributed by atoms with Gasteiger partial charge in [0.2, 0.25) is 0 Å². The summed E-state index contributed by atoms with van der Waals surface area (Å²) in [6, 6.07) is 19.8. The van der Waals surface area contributed by atoms with E-state index in [4.69, 9.17) is 0 Å². The molecule has 3 aromatic rings. The van der Waals surface area contributed by atoms with Gasteiger partial charge < -0.3 is 5.32 Å². The first-order valence-corrected chi connectivity index (χ1v) is 10.4. The molecule has 0 bridgehead atoms. The minimum absolute atomic E-state index is 0.382. The van der Waals surface area contributed by atoms with Crippen LogP contribution in [-0.2, 0) is 13.0 Å². The number of nitrogens with one attached hydrogen (secondary N) is 1. The Morgan fingerprint density at radius 3 is 2.59 bits per heavy atom. The molecule has 0 aliphatic carbocycles. The first kappa shape index (κ1) is 19.4. The smallest absolute Gasteiger partial charge is 0.0765 e. The van der Waals surface area contributed by atoms with Gasteiger partial charge in [-0.2, -0.15) is 0 Å². The Labute approximate surface area is 166 Å². The van der Waals surface area contributed by atoms with Crippen LogP contribution in [0, 0.1) is 0 Å².